The Morgan fingerprint density at radius 3 is 2.62 bits per heavy atom. The lowest BCUT2D eigenvalue weighted by atomic mass is 10.1. The van der Waals surface area contributed by atoms with E-state index < -0.39 is 5.91 Å². The topological polar surface area (TPSA) is 62.1 Å². The first-order chi connectivity index (χ1) is 11.5. The van der Waals surface area contributed by atoms with Crippen molar-refractivity contribution in [1.29, 1.82) is 5.26 Å². The molecule has 0 aliphatic heterocycles. The second kappa shape index (κ2) is 8.85. The van der Waals surface area contributed by atoms with Crippen LogP contribution in [0, 0.1) is 14.9 Å². The average Bonchev–Trinajstić information content (AvgIpc) is 2.57. The summed E-state index contributed by atoms with van der Waals surface area (Å²) in [6, 6.07) is 14.6. The lowest BCUT2D eigenvalue weighted by molar-refractivity contribution is -0.112. The highest BCUT2D eigenvalue weighted by atomic mass is 127. The molecule has 0 fully saturated rings. The Labute approximate surface area is 162 Å². The first kappa shape index (κ1) is 18.5. The van der Waals surface area contributed by atoms with Gasteiger partial charge in [-0.3, -0.25) is 4.79 Å². The van der Waals surface area contributed by atoms with E-state index >= 15 is 0 Å². The van der Waals surface area contributed by atoms with Crippen molar-refractivity contribution in [2.24, 2.45) is 0 Å². The van der Waals surface area contributed by atoms with Crippen molar-refractivity contribution in [3.8, 4) is 11.8 Å². The van der Waals surface area contributed by atoms with Gasteiger partial charge in [-0.1, -0.05) is 22.0 Å². The van der Waals surface area contributed by atoms with Crippen LogP contribution in [-0.2, 0) is 4.79 Å². The standard InChI is InChI=1S/C18H14BrIN2O2/c1-2-24-17-8-3-12(10-16(17)20)9-13(11-21)18(23)22-15-6-4-14(19)5-7-15/h3-10H,2H2,1H3,(H,22,23)/b13-9-. The zero-order valence-electron chi connectivity index (χ0n) is 12.8. The van der Waals surface area contributed by atoms with Crippen molar-refractivity contribution < 1.29 is 9.53 Å². The number of carbonyl (C=O) groups excluding carboxylic acids is 1. The summed E-state index contributed by atoms with van der Waals surface area (Å²) in [5.41, 5.74) is 1.44. The molecule has 1 N–H and O–H groups in total. The molecule has 0 bridgehead atoms. The van der Waals surface area contributed by atoms with Gasteiger partial charge in [-0.25, -0.2) is 0 Å². The van der Waals surface area contributed by atoms with Crippen LogP contribution in [0.15, 0.2) is 52.5 Å². The molecule has 0 saturated heterocycles. The number of nitrogens with zero attached hydrogens (tertiary/aromatic N) is 1. The van der Waals surface area contributed by atoms with Crippen LogP contribution in [0.1, 0.15) is 12.5 Å². The number of anilines is 1. The molecule has 122 valence electrons. The molecule has 0 heterocycles. The van der Waals surface area contributed by atoms with Gasteiger partial charge < -0.3 is 10.1 Å². The number of rotatable bonds is 5. The second-order valence-electron chi connectivity index (χ2n) is 4.75. The van der Waals surface area contributed by atoms with Gasteiger partial charge in [0.05, 0.1) is 10.2 Å². The summed E-state index contributed by atoms with van der Waals surface area (Å²) in [5.74, 6) is 0.344. The molecule has 4 nitrogen and oxygen atoms in total. The third-order valence-electron chi connectivity index (χ3n) is 3.03. The molecule has 0 spiro atoms. The first-order valence-corrected chi connectivity index (χ1v) is 9.01. The molecule has 0 unspecified atom stereocenters. The summed E-state index contributed by atoms with van der Waals surface area (Å²) >= 11 is 5.50. The SMILES string of the molecule is CCOc1ccc(/C=C(/C#N)C(=O)Nc2ccc(Br)cc2)cc1I. The van der Waals surface area contributed by atoms with Gasteiger partial charge in [0.2, 0.25) is 0 Å². The number of nitriles is 1. The Morgan fingerprint density at radius 2 is 2.04 bits per heavy atom. The normalized spacial score (nSPS) is 10.8. The van der Waals surface area contributed by atoms with E-state index in [9.17, 15) is 10.1 Å². The van der Waals surface area contributed by atoms with Crippen LogP contribution in [0.3, 0.4) is 0 Å². The minimum atomic E-state index is -0.441. The number of hydrogen-bond donors (Lipinski definition) is 1. The van der Waals surface area contributed by atoms with Crippen LogP contribution in [0.5, 0.6) is 5.75 Å². The van der Waals surface area contributed by atoms with Crippen LogP contribution in [-0.4, -0.2) is 12.5 Å². The van der Waals surface area contributed by atoms with Crippen LogP contribution in [0.25, 0.3) is 6.08 Å². The summed E-state index contributed by atoms with van der Waals surface area (Å²) in [5, 5.41) is 12.0. The van der Waals surface area contributed by atoms with Gasteiger partial charge >= 0.3 is 0 Å². The Hall–Kier alpha value is -1.85. The largest absolute Gasteiger partial charge is 0.493 e. The van der Waals surface area contributed by atoms with Gasteiger partial charge in [-0.2, -0.15) is 5.26 Å². The van der Waals surface area contributed by atoms with E-state index in [0.717, 1.165) is 19.4 Å². The predicted octanol–water partition coefficient (Wildman–Crippen LogP) is 5.00. The molecule has 0 aliphatic carbocycles. The number of carbonyl (C=O) groups is 1. The van der Waals surface area contributed by atoms with Crippen molar-refractivity contribution in [3.63, 3.8) is 0 Å². The van der Waals surface area contributed by atoms with Crippen molar-refractivity contribution in [1.82, 2.24) is 0 Å². The summed E-state index contributed by atoms with van der Waals surface area (Å²) in [6.45, 7) is 2.51. The highest BCUT2D eigenvalue weighted by molar-refractivity contribution is 14.1. The third kappa shape index (κ3) is 5.08. The molecule has 1 amide bonds. The van der Waals surface area contributed by atoms with E-state index in [2.05, 4.69) is 43.8 Å². The van der Waals surface area contributed by atoms with Crippen LogP contribution in [0.2, 0.25) is 0 Å². The summed E-state index contributed by atoms with van der Waals surface area (Å²) < 4.78 is 7.32. The predicted molar refractivity (Wildman–Crippen MR) is 107 cm³/mol. The molecule has 2 rings (SSSR count). The molecule has 0 aliphatic rings. The molecule has 2 aromatic carbocycles. The fraction of sp³-hybridized carbons (Fsp3) is 0.111. The number of hydrogen-bond acceptors (Lipinski definition) is 3. The average molecular weight is 497 g/mol. The molecule has 2 aromatic rings. The molecular formula is C18H14BrIN2O2. The van der Waals surface area contributed by atoms with Gasteiger partial charge in [-0.15, -0.1) is 0 Å². The van der Waals surface area contributed by atoms with E-state index in [1.807, 2.05) is 43.3 Å². The molecule has 0 aromatic heterocycles. The Balaban J connectivity index is 2.19. The molecule has 6 heteroatoms. The zero-order valence-corrected chi connectivity index (χ0v) is 16.6. The van der Waals surface area contributed by atoms with E-state index in [1.165, 1.54) is 0 Å². The lowest BCUT2D eigenvalue weighted by Gasteiger charge is -2.07. The maximum absolute atomic E-state index is 12.2. The second-order valence-corrected chi connectivity index (χ2v) is 6.83. The molecule has 0 atom stereocenters. The minimum Gasteiger partial charge on any atom is -0.493 e. The molecule has 24 heavy (non-hydrogen) atoms. The van der Waals surface area contributed by atoms with Gasteiger partial charge in [-0.05, 0) is 77.6 Å². The molecule has 0 radical (unpaired) electrons. The fourth-order valence-electron chi connectivity index (χ4n) is 1.93. The first-order valence-electron chi connectivity index (χ1n) is 7.14. The van der Waals surface area contributed by atoms with E-state index in [-0.39, 0.29) is 5.57 Å². The minimum absolute atomic E-state index is 0.0397. The zero-order chi connectivity index (χ0) is 17.5. The summed E-state index contributed by atoms with van der Waals surface area (Å²) in [4.78, 5) is 12.2. The fourth-order valence-corrected chi connectivity index (χ4v) is 2.89. The quantitative estimate of drug-likeness (QED) is 0.360. The number of nitrogens with one attached hydrogen (secondary N) is 1. The molecule has 0 saturated carbocycles. The lowest BCUT2D eigenvalue weighted by Crippen LogP contribution is -2.13. The van der Waals surface area contributed by atoms with Crippen molar-refractivity contribution >= 4 is 56.2 Å². The maximum atomic E-state index is 12.2. The monoisotopic (exact) mass is 496 g/mol. The highest BCUT2D eigenvalue weighted by Gasteiger charge is 2.10. The number of benzene rings is 2. The number of amides is 1. The van der Waals surface area contributed by atoms with E-state index in [1.54, 1.807) is 18.2 Å². The van der Waals surface area contributed by atoms with Crippen LogP contribution < -0.4 is 10.1 Å². The van der Waals surface area contributed by atoms with Crippen molar-refractivity contribution in [2.75, 3.05) is 11.9 Å². The smallest absolute Gasteiger partial charge is 0.266 e. The third-order valence-corrected chi connectivity index (χ3v) is 4.41. The number of halogens is 2. The van der Waals surface area contributed by atoms with Crippen LogP contribution >= 0.6 is 38.5 Å². The van der Waals surface area contributed by atoms with Crippen molar-refractivity contribution in [2.45, 2.75) is 6.92 Å². The Bertz CT molecular complexity index is 811. The summed E-state index contributed by atoms with van der Waals surface area (Å²) in [6.07, 6.45) is 1.56. The highest BCUT2D eigenvalue weighted by Crippen LogP contribution is 2.23. The van der Waals surface area contributed by atoms with Gasteiger partial charge in [0, 0.05) is 10.2 Å². The van der Waals surface area contributed by atoms with Gasteiger partial charge in [0.25, 0.3) is 5.91 Å². The van der Waals surface area contributed by atoms with Gasteiger partial charge in [0.1, 0.15) is 17.4 Å². The van der Waals surface area contributed by atoms with Gasteiger partial charge in [0.15, 0.2) is 0 Å². The maximum Gasteiger partial charge on any atom is 0.266 e. The van der Waals surface area contributed by atoms with E-state index in [0.29, 0.717) is 12.3 Å². The Kier molecular flexibility index (Phi) is 6.82. The molecular weight excluding hydrogens is 483 g/mol. The van der Waals surface area contributed by atoms with Crippen molar-refractivity contribution in [3.05, 3.63) is 61.6 Å². The summed E-state index contributed by atoms with van der Waals surface area (Å²) in [7, 11) is 0. The van der Waals surface area contributed by atoms with Crippen LogP contribution in [0.4, 0.5) is 5.69 Å². The Morgan fingerprint density at radius 1 is 1.33 bits per heavy atom. The number of ether oxygens (including phenoxy) is 1. The van der Waals surface area contributed by atoms with E-state index in [4.69, 9.17) is 4.74 Å².